The molecule has 0 amide bonds. The molecule has 24 heavy (non-hydrogen) atoms. The molecule has 0 aromatic rings. The molecule has 0 saturated heterocycles. The second-order valence-corrected chi connectivity index (χ2v) is 7.74. The van der Waals surface area contributed by atoms with E-state index >= 15 is 0 Å². The van der Waals surface area contributed by atoms with Gasteiger partial charge < -0.3 is 0 Å². The summed E-state index contributed by atoms with van der Waals surface area (Å²) in [5.41, 5.74) is 0. The van der Waals surface area contributed by atoms with E-state index in [0.717, 1.165) is 6.42 Å². The van der Waals surface area contributed by atoms with Crippen molar-refractivity contribution in [1.82, 2.24) is 0 Å². The van der Waals surface area contributed by atoms with Gasteiger partial charge in [-0.15, -0.1) is 0 Å². The third kappa shape index (κ3) is 21.7. The van der Waals surface area contributed by atoms with Gasteiger partial charge in [-0.05, 0) is 12.8 Å². The predicted molar refractivity (Wildman–Crippen MR) is 112 cm³/mol. The molecular formula is C24H47. The summed E-state index contributed by atoms with van der Waals surface area (Å²) < 4.78 is 0. The number of allylic oxidation sites excluding steroid dienone is 1. The lowest BCUT2D eigenvalue weighted by atomic mass is 10.0. The van der Waals surface area contributed by atoms with E-state index < -0.39 is 0 Å². The van der Waals surface area contributed by atoms with E-state index in [0.29, 0.717) is 0 Å². The molecule has 0 aliphatic heterocycles. The zero-order valence-corrected chi connectivity index (χ0v) is 17.0. The normalized spacial score (nSPS) is 11.0. The van der Waals surface area contributed by atoms with Crippen molar-refractivity contribution in [3.05, 3.63) is 12.7 Å². The molecule has 0 saturated carbocycles. The summed E-state index contributed by atoms with van der Waals surface area (Å²) in [6, 6.07) is 0. The van der Waals surface area contributed by atoms with Gasteiger partial charge in [0, 0.05) is 0 Å². The zero-order chi connectivity index (χ0) is 17.6. The van der Waals surface area contributed by atoms with Crippen molar-refractivity contribution < 1.29 is 0 Å². The average Bonchev–Trinajstić information content (AvgIpc) is 2.60. The van der Waals surface area contributed by atoms with Crippen LogP contribution in [0.1, 0.15) is 142 Å². The molecule has 0 rings (SSSR count). The summed E-state index contributed by atoms with van der Waals surface area (Å²) in [6.45, 7) is 7.68. The van der Waals surface area contributed by atoms with Gasteiger partial charge in [0.2, 0.25) is 0 Å². The van der Waals surface area contributed by atoms with Crippen molar-refractivity contribution in [3.8, 4) is 0 Å². The van der Waals surface area contributed by atoms with Crippen LogP contribution in [-0.4, -0.2) is 0 Å². The van der Waals surface area contributed by atoms with Gasteiger partial charge in [0.25, 0.3) is 0 Å². The van der Waals surface area contributed by atoms with Crippen LogP contribution >= 0.6 is 0 Å². The summed E-state index contributed by atoms with van der Waals surface area (Å²) >= 11 is 0. The van der Waals surface area contributed by atoms with Gasteiger partial charge in [-0.25, -0.2) is 0 Å². The highest BCUT2D eigenvalue weighted by Crippen LogP contribution is 2.14. The highest BCUT2D eigenvalue weighted by atomic mass is 14.0. The predicted octanol–water partition coefficient (Wildman–Crippen LogP) is 9.19. The lowest BCUT2D eigenvalue weighted by molar-refractivity contribution is 0.522. The third-order valence-electron chi connectivity index (χ3n) is 5.22. The lowest BCUT2D eigenvalue weighted by Gasteiger charge is -2.04. The summed E-state index contributed by atoms with van der Waals surface area (Å²) in [5.74, 6) is 0. The van der Waals surface area contributed by atoms with Crippen LogP contribution in [0.2, 0.25) is 0 Å². The minimum atomic E-state index is 1.10. The standard InChI is InChI=1S/C24H47/c1-3-5-7-9-11-13-15-17-19-21-23-24-22-20-18-16-14-12-10-8-6-4-2/h1,3H,4-24H2,2H3. The Morgan fingerprint density at radius 1 is 0.417 bits per heavy atom. The highest BCUT2D eigenvalue weighted by molar-refractivity contribution is 4.61. The quantitative estimate of drug-likeness (QED) is 0.183. The molecule has 0 bridgehead atoms. The van der Waals surface area contributed by atoms with Gasteiger partial charge in [-0.1, -0.05) is 142 Å². The fourth-order valence-corrected chi connectivity index (χ4v) is 3.52. The number of unbranched alkanes of at least 4 members (excludes halogenated alkanes) is 20. The monoisotopic (exact) mass is 335 g/mol. The van der Waals surface area contributed by atoms with Gasteiger partial charge in [0.05, 0.1) is 0 Å². The number of hydrogen-bond acceptors (Lipinski definition) is 0. The van der Waals surface area contributed by atoms with Crippen molar-refractivity contribution in [1.29, 1.82) is 0 Å². The van der Waals surface area contributed by atoms with Gasteiger partial charge in [-0.2, -0.15) is 0 Å². The molecule has 0 atom stereocenters. The first-order valence-electron chi connectivity index (χ1n) is 11.4. The molecular weight excluding hydrogens is 288 g/mol. The molecule has 1 radical (unpaired) electrons. The number of hydrogen-bond donors (Lipinski definition) is 0. The van der Waals surface area contributed by atoms with E-state index in [1.165, 1.54) is 128 Å². The maximum absolute atomic E-state index is 5.38. The van der Waals surface area contributed by atoms with Crippen molar-refractivity contribution in [3.63, 3.8) is 0 Å². The molecule has 0 aromatic heterocycles. The molecule has 0 nitrogen and oxygen atoms in total. The number of rotatable bonds is 21. The fraction of sp³-hybridized carbons (Fsp3) is 0.917. The first kappa shape index (κ1) is 23.7. The Balaban J connectivity index is 2.94. The van der Waals surface area contributed by atoms with Gasteiger partial charge >= 0.3 is 0 Å². The van der Waals surface area contributed by atoms with E-state index in [2.05, 4.69) is 6.92 Å². The Bertz CT molecular complexity index is 218. The zero-order valence-electron chi connectivity index (χ0n) is 17.0. The van der Waals surface area contributed by atoms with Crippen LogP contribution in [0.5, 0.6) is 0 Å². The minimum absolute atomic E-state index is 1.10. The van der Waals surface area contributed by atoms with Crippen LogP contribution in [0.4, 0.5) is 0 Å². The average molecular weight is 336 g/mol. The fourth-order valence-electron chi connectivity index (χ4n) is 3.52. The summed E-state index contributed by atoms with van der Waals surface area (Å²) in [6.07, 6.45) is 31.8. The Kier molecular flexibility index (Phi) is 22.5. The summed E-state index contributed by atoms with van der Waals surface area (Å²) in [5, 5.41) is 0. The van der Waals surface area contributed by atoms with Crippen LogP contribution in [-0.2, 0) is 0 Å². The van der Waals surface area contributed by atoms with Crippen molar-refractivity contribution in [2.24, 2.45) is 0 Å². The molecule has 0 aromatic carbocycles. The van der Waals surface area contributed by atoms with E-state index in [4.69, 9.17) is 6.58 Å². The maximum Gasteiger partial charge on any atom is -0.0348 e. The van der Waals surface area contributed by atoms with E-state index in [-0.39, 0.29) is 0 Å². The molecule has 0 heterocycles. The first-order chi connectivity index (χ1) is 11.9. The Morgan fingerprint density at radius 3 is 0.917 bits per heavy atom. The smallest absolute Gasteiger partial charge is 0.0348 e. The molecule has 143 valence electrons. The van der Waals surface area contributed by atoms with Crippen LogP contribution in [0.25, 0.3) is 0 Å². The van der Waals surface area contributed by atoms with Gasteiger partial charge in [-0.3, -0.25) is 0 Å². The molecule has 0 heteroatoms. The van der Waals surface area contributed by atoms with Gasteiger partial charge in [0.1, 0.15) is 0 Å². The van der Waals surface area contributed by atoms with Crippen LogP contribution in [0.3, 0.4) is 0 Å². The SMILES string of the molecule is [CH]=CCCCCCCCCCCCCCCCCCCCCCC. The lowest BCUT2D eigenvalue weighted by Crippen LogP contribution is -1.84. The topological polar surface area (TPSA) is 0 Å². The molecule has 0 spiro atoms. The summed E-state index contributed by atoms with van der Waals surface area (Å²) in [7, 11) is 0. The highest BCUT2D eigenvalue weighted by Gasteiger charge is 1.95. The second kappa shape index (κ2) is 22.7. The summed E-state index contributed by atoms with van der Waals surface area (Å²) in [4.78, 5) is 0. The third-order valence-corrected chi connectivity index (χ3v) is 5.22. The second-order valence-electron chi connectivity index (χ2n) is 7.74. The molecule has 0 N–H and O–H groups in total. The Hall–Kier alpha value is -0.260. The molecule has 0 aliphatic rings. The van der Waals surface area contributed by atoms with Crippen LogP contribution in [0, 0.1) is 6.58 Å². The van der Waals surface area contributed by atoms with Crippen molar-refractivity contribution in [2.75, 3.05) is 0 Å². The molecule has 0 fully saturated rings. The van der Waals surface area contributed by atoms with Crippen molar-refractivity contribution >= 4 is 0 Å². The Morgan fingerprint density at radius 2 is 0.667 bits per heavy atom. The van der Waals surface area contributed by atoms with E-state index in [9.17, 15) is 0 Å². The van der Waals surface area contributed by atoms with E-state index in [1.807, 2.05) is 0 Å². The van der Waals surface area contributed by atoms with Crippen LogP contribution in [0.15, 0.2) is 6.08 Å². The van der Waals surface area contributed by atoms with E-state index in [1.54, 1.807) is 6.08 Å². The Labute approximate surface area is 154 Å². The van der Waals surface area contributed by atoms with Crippen LogP contribution < -0.4 is 0 Å². The minimum Gasteiger partial charge on any atom is -0.0845 e. The largest absolute Gasteiger partial charge is 0.0845 e. The first-order valence-corrected chi connectivity index (χ1v) is 11.4. The molecule has 0 aliphatic carbocycles. The van der Waals surface area contributed by atoms with Crippen molar-refractivity contribution in [2.45, 2.75) is 142 Å². The maximum atomic E-state index is 5.38. The molecule has 0 unspecified atom stereocenters. The van der Waals surface area contributed by atoms with Gasteiger partial charge in [0.15, 0.2) is 0 Å².